The maximum Gasteiger partial charge on any atom is 0.255 e. The van der Waals surface area contributed by atoms with Gasteiger partial charge in [-0.3, -0.25) is 14.4 Å². The van der Waals surface area contributed by atoms with Gasteiger partial charge in [0.25, 0.3) is 17.7 Å². The normalized spacial score (nSPS) is 11.5. The molecule has 0 spiro atoms. The number of carbonyl (C=O) groups excluding carboxylic acids is 3. The summed E-state index contributed by atoms with van der Waals surface area (Å²) >= 11 is 0. The molecular formula is C50H55N18O3+3. The molecule has 6 aromatic carbocycles. The van der Waals surface area contributed by atoms with Crippen molar-refractivity contribution in [3.05, 3.63) is 179 Å². The first-order chi connectivity index (χ1) is 34.5. The lowest BCUT2D eigenvalue weighted by atomic mass is 9.96. The zero-order valence-corrected chi connectivity index (χ0v) is 39.9. The van der Waals surface area contributed by atoms with Gasteiger partial charge in [-0.2, -0.15) is 0 Å². The van der Waals surface area contributed by atoms with E-state index in [2.05, 4.69) is 130 Å². The number of aromatic nitrogens is 15. The van der Waals surface area contributed by atoms with E-state index in [1.165, 1.54) is 25.5 Å². The molecule has 0 saturated heterocycles. The quantitative estimate of drug-likeness (QED) is 0.0648. The molecule has 71 heavy (non-hydrogen) atoms. The minimum absolute atomic E-state index is 0.151. The van der Waals surface area contributed by atoms with Crippen LogP contribution in [0.2, 0.25) is 0 Å². The molecule has 0 radical (unpaired) electrons. The van der Waals surface area contributed by atoms with Crippen LogP contribution in [0.15, 0.2) is 146 Å². The van der Waals surface area contributed by atoms with Gasteiger partial charge in [0.15, 0.2) is 17.1 Å². The van der Waals surface area contributed by atoms with E-state index in [1.54, 1.807) is 72.8 Å². The van der Waals surface area contributed by atoms with Gasteiger partial charge in [-0.15, -0.1) is 0 Å². The Balaban J connectivity index is 0.000000157. The van der Waals surface area contributed by atoms with Crippen molar-refractivity contribution in [3.63, 3.8) is 0 Å². The van der Waals surface area contributed by atoms with Gasteiger partial charge in [0, 0.05) is 33.8 Å². The van der Waals surface area contributed by atoms with Crippen LogP contribution in [0.5, 0.6) is 0 Å². The molecule has 3 aromatic heterocycles. The van der Waals surface area contributed by atoms with Crippen LogP contribution in [0.4, 0.5) is 17.1 Å². The number of aromatic amines is 3. The van der Waals surface area contributed by atoms with Gasteiger partial charge < -0.3 is 16.0 Å². The first-order valence-electron chi connectivity index (χ1n) is 23.0. The van der Waals surface area contributed by atoms with Crippen molar-refractivity contribution in [1.29, 1.82) is 0 Å². The summed E-state index contributed by atoms with van der Waals surface area (Å²) in [7, 11) is 0. The van der Waals surface area contributed by atoms with Crippen LogP contribution in [-0.4, -0.2) is 80.3 Å². The topological polar surface area (TPSA) is 262 Å². The number of nitrogens with one attached hydrogen (secondary N) is 6. The van der Waals surface area contributed by atoms with Crippen molar-refractivity contribution in [2.75, 3.05) is 16.0 Å². The summed E-state index contributed by atoms with van der Waals surface area (Å²) in [5.41, 5.74) is 10.0. The van der Waals surface area contributed by atoms with E-state index in [4.69, 9.17) is 0 Å². The molecule has 9 aromatic rings. The number of rotatable bonds is 15. The van der Waals surface area contributed by atoms with Crippen LogP contribution in [0.1, 0.15) is 101 Å². The van der Waals surface area contributed by atoms with Crippen molar-refractivity contribution in [1.82, 2.24) is 62.6 Å². The molecule has 0 bridgehead atoms. The molecule has 3 amide bonds. The van der Waals surface area contributed by atoms with Crippen LogP contribution in [0.25, 0.3) is 17.1 Å². The van der Waals surface area contributed by atoms with E-state index in [9.17, 15) is 14.4 Å². The van der Waals surface area contributed by atoms with Crippen molar-refractivity contribution in [2.24, 2.45) is 5.92 Å². The second-order valence-electron chi connectivity index (χ2n) is 16.7. The third-order valence-electron chi connectivity index (χ3n) is 11.3. The van der Waals surface area contributed by atoms with E-state index in [0.29, 0.717) is 28.5 Å². The summed E-state index contributed by atoms with van der Waals surface area (Å²) in [6, 6.07) is 44.7. The van der Waals surface area contributed by atoms with Crippen LogP contribution in [0, 0.1) is 12.8 Å². The second-order valence-corrected chi connectivity index (χ2v) is 16.7. The summed E-state index contributed by atoms with van der Waals surface area (Å²) in [5.74, 6) is 0.733. The lowest BCUT2D eigenvalue weighted by molar-refractivity contribution is -0.719. The Morgan fingerprint density at radius 1 is 0.493 bits per heavy atom. The van der Waals surface area contributed by atoms with Gasteiger partial charge in [0.2, 0.25) is 31.3 Å². The molecular weight excluding hydrogens is 901 g/mol. The molecule has 2 unspecified atom stereocenters. The average molecular weight is 956 g/mol. The average Bonchev–Trinajstić information content (AvgIpc) is 4.25. The minimum Gasteiger partial charge on any atom is -0.322 e. The number of hydrogen-bond acceptors (Lipinski definition) is 12. The Morgan fingerprint density at radius 2 is 0.845 bits per heavy atom. The van der Waals surface area contributed by atoms with Crippen molar-refractivity contribution in [2.45, 2.75) is 66.2 Å². The van der Waals surface area contributed by atoms with E-state index >= 15 is 0 Å². The highest BCUT2D eigenvalue weighted by atomic mass is 16.2. The first kappa shape index (κ1) is 49.6. The van der Waals surface area contributed by atoms with Gasteiger partial charge in [-0.05, 0) is 182 Å². The monoisotopic (exact) mass is 955 g/mol. The molecule has 21 nitrogen and oxygen atoms in total. The molecule has 3 heterocycles. The predicted octanol–water partition coefficient (Wildman–Crippen LogP) is 5.99. The lowest BCUT2D eigenvalue weighted by Gasteiger charge is -2.11. The maximum atomic E-state index is 12.4. The number of nitrogens with zero attached hydrogens (tertiary/aromatic N) is 12. The fraction of sp³-hybridized carbons (Fsp3) is 0.220. The van der Waals surface area contributed by atoms with Crippen molar-refractivity contribution < 1.29 is 28.8 Å². The van der Waals surface area contributed by atoms with E-state index < -0.39 is 0 Å². The Bertz CT molecular complexity index is 3020. The van der Waals surface area contributed by atoms with Gasteiger partial charge in [-0.1, -0.05) is 82.5 Å². The predicted molar refractivity (Wildman–Crippen MR) is 262 cm³/mol. The lowest BCUT2D eigenvalue weighted by Crippen LogP contribution is -2.36. The van der Waals surface area contributed by atoms with Gasteiger partial charge in [0.05, 0.1) is 0 Å². The third-order valence-corrected chi connectivity index (χ3v) is 11.3. The minimum atomic E-state index is -0.161. The summed E-state index contributed by atoms with van der Waals surface area (Å²) in [4.78, 5) is 41.1. The van der Waals surface area contributed by atoms with Crippen molar-refractivity contribution in [3.8, 4) is 17.1 Å². The largest absolute Gasteiger partial charge is 0.322 e. The number of benzene rings is 6. The molecule has 0 aliphatic rings. The number of amides is 3. The van der Waals surface area contributed by atoms with Crippen LogP contribution in [0.3, 0.4) is 0 Å². The summed E-state index contributed by atoms with van der Waals surface area (Å²) < 4.78 is 0. The first-order valence-corrected chi connectivity index (χ1v) is 23.0. The number of carbonyl (C=O) groups is 3. The number of aryl methyl sites for hydroxylation is 1. The Morgan fingerprint density at radius 3 is 1.17 bits per heavy atom. The standard InChI is InChI=1S/2C18H20N6O.C14H12N6O/c1-3-13(2)12-14-4-8-16(9-5-14)19-18(25)15-6-10-17(11-7-15)24-22-20-21-23-24;1-3-4-13(2)14-5-9-16(10-6-14)19-18(25)15-7-11-17(12-8-15)24-22-20-21-23-24;1-10-2-6-12(7-3-10)15-14(21)11-4-8-13(9-5-11)20-18-16-17-19-20/h4-11,13H,3,12H2,1-2H3,(H,19,25);5-13H,3-4H2,1-2H3,(H,19,25);2-9H,1H3,(H,15,21)/p+3. The molecule has 0 saturated carbocycles. The smallest absolute Gasteiger partial charge is 0.255 e. The molecule has 360 valence electrons. The number of anilines is 3. The maximum absolute atomic E-state index is 12.4. The molecule has 2 atom stereocenters. The number of H-pyrrole nitrogens is 3. The van der Waals surface area contributed by atoms with E-state index in [-0.39, 0.29) is 17.7 Å². The van der Waals surface area contributed by atoms with Crippen LogP contribution in [-0.2, 0) is 6.42 Å². The molecule has 6 N–H and O–H groups in total. The number of hydrogen-bond donors (Lipinski definition) is 6. The fourth-order valence-corrected chi connectivity index (χ4v) is 7.03. The zero-order chi connectivity index (χ0) is 50.0. The highest BCUT2D eigenvalue weighted by Gasteiger charge is 2.14. The van der Waals surface area contributed by atoms with Gasteiger partial charge in [0.1, 0.15) is 15.6 Å². The van der Waals surface area contributed by atoms with Crippen LogP contribution < -0.4 is 30.3 Å². The Kier molecular flexibility index (Phi) is 17.2. The van der Waals surface area contributed by atoms with Gasteiger partial charge in [-0.25, -0.2) is 0 Å². The third kappa shape index (κ3) is 14.4. The van der Waals surface area contributed by atoms with Gasteiger partial charge >= 0.3 is 0 Å². The zero-order valence-electron chi connectivity index (χ0n) is 39.9. The molecule has 0 fully saturated rings. The fourth-order valence-electron chi connectivity index (χ4n) is 7.03. The summed E-state index contributed by atoms with van der Waals surface area (Å²) in [5, 5.41) is 48.7. The SMILES string of the molecule is CCC(C)Cc1ccc(NC(=O)c2ccc(-[n+]3nnn[nH]3)cc2)cc1.CCCC(C)c1ccc(NC(=O)c2ccc(-[n+]3nnn[nH]3)cc2)cc1.Cc1ccc(NC(=O)c2ccc(-[n+]3nnn[nH]3)cc2)cc1. The van der Waals surface area contributed by atoms with E-state index in [0.717, 1.165) is 65.4 Å². The molecule has 0 aliphatic heterocycles. The Labute approximate surface area is 409 Å². The van der Waals surface area contributed by atoms with E-state index in [1.807, 2.05) is 55.5 Å². The van der Waals surface area contributed by atoms with Crippen LogP contribution >= 0.6 is 0 Å². The van der Waals surface area contributed by atoms with Crippen molar-refractivity contribution >= 4 is 34.8 Å². The molecule has 9 rings (SSSR count). The molecule has 21 heteroatoms. The molecule has 0 aliphatic carbocycles. The highest BCUT2D eigenvalue weighted by molar-refractivity contribution is 6.05. The second kappa shape index (κ2) is 24.7. The highest BCUT2D eigenvalue weighted by Crippen LogP contribution is 2.23. The Hall–Kier alpha value is -9.27. The summed E-state index contributed by atoms with van der Waals surface area (Å²) in [6.07, 6.45) is 4.55. The summed E-state index contributed by atoms with van der Waals surface area (Å²) in [6.45, 7) is 10.9.